The maximum Gasteiger partial charge on any atom is 0.138 e. The van der Waals surface area contributed by atoms with Crippen LogP contribution in [0.2, 0.25) is 0 Å². The lowest BCUT2D eigenvalue weighted by molar-refractivity contribution is 0.182. The number of aliphatic hydroxyl groups excluding tert-OH is 1. The van der Waals surface area contributed by atoms with Crippen molar-refractivity contribution in [3.63, 3.8) is 0 Å². The minimum absolute atomic E-state index is 0.305. The number of aliphatic hydroxyl groups is 1. The van der Waals surface area contributed by atoms with Crippen LogP contribution in [-0.2, 0) is 0 Å². The fourth-order valence-electron chi connectivity index (χ4n) is 1.93. The second-order valence-electron chi connectivity index (χ2n) is 4.27. The van der Waals surface area contributed by atoms with Crippen molar-refractivity contribution in [1.29, 1.82) is 0 Å². The predicted octanol–water partition coefficient (Wildman–Crippen LogP) is 3.22. The van der Waals surface area contributed by atoms with Crippen molar-refractivity contribution >= 4 is 27.0 Å². The van der Waals surface area contributed by atoms with Crippen LogP contribution >= 0.6 is 15.9 Å². The topological polar surface area (TPSA) is 50.9 Å². The van der Waals surface area contributed by atoms with Crippen LogP contribution in [0.15, 0.2) is 16.9 Å². The number of aromatic nitrogens is 3. The highest BCUT2D eigenvalue weighted by molar-refractivity contribution is 9.10. The second-order valence-corrected chi connectivity index (χ2v) is 5.08. The molecule has 17 heavy (non-hydrogen) atoms. The quantitative estimate of drug-likeness (QED) is 0.885. The Morgan fingerprint density at radius 1 is 1.47 bits per heavy atom. The van der Waals surface area contributed by atoms with E-state index in [1.54, 1.807) is 13.1 Å². The van der Waals surface area contributed by atoms with Crippen molar-refractivity contribution in [1.82, 2.24) is 14.5 Å². The first-order valence-electron chi connectivity index (χ1n) is 5.76. The fraction of sp³-hybridized carbons (Fsp3) is 0.500. The van der Waals surface area contributed by atoms with Gasteiger partial charge in [0, 0.05) is 6.04 Å². The summed E-state index contributed by atoms with van der Waals surface area (Å²) in [5, 5.41) is 9.80. The molecule has 0 aliphatic carbocycles. The Hall–Kier alpha value is -0.940. The molecular weight excluding hydrogens is 282 g/mol. The molecule has 1 unspecified atom stereocenters. The van der Waals surface area contributed by atoms with Crippen molar-refractivity contribution in [2.24, 2.45) is 0 Å². The molecule has 5 heteroatoms. The molecule has 0 saturated carbocycles. The molecule has 0 radical (unpaired) electrons. The zero-order chi connectivity index (χ0) is 12.6. The van der Waals surface area contributed by atoms with Crippen LogP contribution in [0.25, 0.3) is 11.0 Å². The molecule has 0 aliphatic heterocycles. The smallest absolute Gasteiger partial charge is 0.138 e. The Bertz CT molecular complexity index is 536. The molecule has 2 heterocycles. The van der Waals surface area contributed by atoms with E-state index in [0.29, 0.717) is 11.9 Å². The highest BCUT2D eigenvalue weighted by Crippen LogP contribution is 2.27. The first-order chi connectivity index (χ1) is 8.04. The lowest BCUT2D eigenvalue weighted by Gasteiger charge is -2.17. The summed E-state index contributed by atoms with van der Waals surface area (Å²) < 4.78 is 2.87. The summed E-state index contributed by atoms with van der Waals surface area (Å²) >= 11 is 3.37. The molecule has 0 aromatic carbocycles. The number of fused-ring (bicyclic) bond motifs is 1. The lowest BCUT2D eigenvalue weighted by Crippen LogP contribution is -2.10. The first kappa shape index (κ1) is 12.5. The van der Waals surface area contributed by atoms with Gasteiger partial charge in [-0.1, -0.05) is 6.92 Å². The molecule has 2 aromatic heterocycles. The van der Waals surface area contributed by atoms with Gasteiger partial charge in [0.2, 0.25) is 0 Å². The van der Waals surface area contributed by atoms with Gasteiger partial charge in [0.05, 0.1) is 11.7 Å². The zero-order valence-electron chi connectivity index (χ0n) is 10.2. The van der Waals surface area contributed by atoms with Crippen molar-refractivity contribution in [3.8, 4) is 0 Å². The third-order valence-corrected chi connectivity index (χ3v) is 3.41. The van der Waals surface area contributed by atoms with Crippen LogP contribution < -0.4 is 0 Å². The number of nitrogens with zero attached hydrogens (tertiary/aromatic N) is 3. The van der Waals surface area contributed by atoms with Crippen molar-refractivity contribution in [2.45, 2.75) is 39.3 Å². The summed E-state index contributed by atoms with van der Waals surface area (Å²) in [4.78, 5) is 8.62. The van der Waals surface area contributed by atoms with E-state index in [1.165, 1.54) is 0 Å². The zero-order valence-corrected chi connectivity index (χ0v) is 11.8. The Balaban J connectivity index is 2.73. The van der Waals surface area contributed by atoms with Gasteiger partial charge in [-0.15, -0.1) is 0 Å². The highest BCUT2D eigenvalue weighted by atomic mass is 79.9. The summed E-state index contributed by atoms with van der Waals surface area (Å²) in [6, 6.07) is 2.25. The SMILES string of the molecule is CCC(C)n1c([C@@H](C)O)nc2cnc(Br)cc21. The van der Waals surface area contributed by atoms with Crippen molar-refractivity contribution in [3.05, 3.63) is 22.7 Å². The largest absolute Gasteiger partial charge is 0.385 e. The Labute approximate surface area is 109 Å². The number of hydrogen-bond acceptors (Lipinski definition) is 3. The van der Waals surface area contributed by atoms with Crippen LogP contribution in [0.3, 0.4) is 0 Å². The van der Waals surface area contributed by atoms with Gasteiger partial charge in [0.1, 0.15) is 22.0 Å². The summed E-state index contributed by atoms with van der Waals surface area (Å²) in [6.07, 6.45) is 2.14. The average molecular weight is 298 g/mol. The summed E-state index contributed by atoms with van der Waals surface area (Å²) in [5.74, 6) is 0.703. The van der Waals surface area contributed by atoms with Gasteiger partial charge in [-0.3, -0.25) is 0 Å². The molecule has 0 bridgehead atoms. The van der Waals surface area contributed by atoms with Crippen LogP contribution in [0, 0.1) is 0 Å². The molecule has 0 fully saturated rings. The highest BCUT2D eigenvalue weighted by Gasteiger charge is 2.18. The molecule has 2 aromatic rings. The molecular formula is C12H16BrN3O. The number of rotatable bonds is 3. The number of imidazole rings is 1. The maximum atomic E-state index is 9.80. The average Bonchev–Trinajstić information content (AvgIpc) is 2.66. The van der Waals surface area contributed by atoms with Gasteiger partial charge in [0.25, 0.3) is 0 Å². The fourth-order valence-corrected chi connectivity index (χ4v) is 2.25. The molecule has 92 valence electrons. The number of pyridine rings is 1. The van der Waals surface area contributed by atoms with E-state index in [9.17, 15) is 5.11 Å². The normalized spacial score (nSPS) is 15.1. The van der Waals surface area contributed by atoms with E-state index in [1.807, 2.05) is 6.07 Å². The molecule has 1 N–H and O–H groups in total. The molecule has 2 rings (SSSR count). The van der Waals surface area contributed by atoms with Gasteiger partial charge in [-0.25, -0.2) is 9.97 Å². The Morgan fingerprint density at radius 3 is 2.76 bits per heavy atom. The lowest BCUT2D eigenvalue weighted by atomic mass is 10.2. The van der Waals surface area contributed by atoms with E-state index >= 15 is 0 Å². The van der Waals surface area contributed by atoms with Crippen molar-refractivity contribution in [2.75, 3.05) is 0 Å². The molecule has 0 saturated heterocycles. The van der Waals surface area contributed by atoms with Gasteiger partial charge >= 0.3 is 0 Å². The van der Waals surface area contributed by atoms with E-state index in [4.69, 9.17) is 0 Å². The molecule has 0 aliphatic rings. The Kier molecular flexibility index (Phi) is 3.49. The summed E-state index contributed by atoms with van der Waals surface area (Å²) in [6.45, 7) is 5.99. The van der Waals surface area contributed by atoms with Gasteiger partial charge in [0.15, 0.2) is 0 Å². The maximum absolute atomic E-state index is 9.80. The van der Waals surface area contributed by atoms with Crippen LogP contribution in [0.1, 0.15) is 45.2 Å². The van der Waals surface area contributed by atoms with Gasteiger partial charge < -0.3 is 9.67 Å². The molecule has 0 amide bonds. The third-order valence-electron chi connectivity index (χ3n) is 2.98. The van der Waals surface area contributed by atoms with Crippen molar-refractivity contribution < 1.29 is 5.11 Å². The van der Waals surface area contributed by atoms with Gasteiger partial charge in [-0.2, -0.15) is 0 Å². The van der Waals surface area contributed by atoms with Crippen LogP contribution in [0.5, 0.6) is 0 Å². The monoisotopic (exact) mass is 297 g/mol. The standard InChI is InChI=1S/C12H16BrN3O/c1-4-7(2)16-10-5-11(13)14-6-9(10)15-12(16)8(3)17/h5-8,17H,4H2,1-3H3/t7?,8-/m1/s1. The van der Waals surface area contributed by atoms with E-state index in [0.717, 1.165) is 22.1 Å². The Morgan fingerprint density at radius 2 is 2.18 bits per heavy atom. The van der Waals surface area contributed by atoms with E-state index in [-0.39, 0.29) is 0 Å². The summed E-state index contributed by atoms with van der Waals surface area (Å²) in [5.41, 5.74) is 1.83. The number of halogens is 1. The second kappa shape index (κ2) is 4.74. The molecule has 0 spiro atoms. The predicted molar refractivity (Wildman–Crippen MR) is 70.9 cm³/mol. The number of hydrogen-bond donors (Lipinski definition) is 1. The molecule has 4 nitrogen and oxygen atoms in total. The summed E-state index contributed by atoms with van der Waals surface area (Å²) in [7, 11) is 0. The van der Waals surface area contributed by atoms with Gasteiger partial charge in [-0.05, 0) is 42.3 Å². The van der Waals surface area contributed by atoms with Crippen LogP contribution in [-0.4, -0.2) is 19.6 Å². The molecule has 2 atom stereocenters. The van der Waals surface area contributed by atoms with E-state index < -0.39 is 6.10 Å². The van der Waals surface area contributed by atoms with E-state index in [2.05, 4.69) is 44.3 Å². The van der Waals surface area contributed by atoms with Crippen LogP contribution in [0.4, 0.5) is 0 Å². The first-order valence-corrected chi connectivity index (χ1v) is 6.55. The minimum Gasteiger partial charge on any atom is -0.385 e. The minimum atomic E-state index is -0.574. The third kappa shape index (κ3) is 2.21.